The van der Waals surface area contributed by atoms with Gasteiger partial charge in [-0.05, 0) is 88.6 Å². The number of benzene rings is 7. The Labute approximate surface area is 293 Å². The van der Waals surface area contributed by atoms with E-state index in [4.69, 9.17) is 9.97 Å². The average Bonchev–Trinajstić information content (AvgIpc) is 3.64. The Morgan fingerprint density at radius 1 is 0.400 bits per heavy atom. The predicted molar refractivity (Wildman–Crippen MR) is 207 cm³/mol. The van der Waals surface area contributed by atoms with Crippen molar-refractivity contribution in [1.29, 1.82) is 0 Å². The van der Waals surface area contributed by atoms with E-state index in [2.05, 4.69) is 148 Å². The van der Waals surface area contributed by atoms with Crippen LogP contribution in [0.25, 0.3) is 65.5 Å². The average molecular weight is 660 g/mol. The lowest BCUT2D eigenvalue weighted by atomic mass is 9.99. The summed E-state index contributed by atoms with van der Waals surface area (Å²) in [5.41, 5.74) is 9.61. The van der Waals surface area contributed by atoms with Gasteiger partial charge in [-0.15, -0.1) is 11.3 Å². The number of hydrogen-bond donors (Lipinski definition) is 0. The molecular formula is C44H29N5S. The molecule has 0 radical (unpaired) electrons. The van der Waals surface area contributed by atoms with Gasteiger partial charge in [0.2, 0.25) is 0 Å². The van der Waals surface area contributed by atoms with Crippen molar-refractivity contribution in [2.24, 2.45) is 0 Å². The third kappa shape index (κ3) is 5.78. The standard InChI is InChI=1S/C44H29N5S/c1-3-9-32(10-4-1)42-45-29-46-43(48-42)33-18-15-30(16-19-33)35-20-17-31-21-26-39(28-36(31)27-35)49(37-11-5-2-6-12-37)38-24-22-34(23-25-38)44-47-40-13-7-8-14-41(40)50-44/h1-29H. The van der Waals surface area contributed by atoms with Crippen molar-refractivity contribution >= 4 is 49.4 Å². The number of hydrogen-bond acceptors (Lipinski definition) is 6. The van der Waals surface area contributed by atoms with E-state index in [0.717, 1.165) is 55.4 Å². The van der Waals surface area contributed by atoms with Gasteiger partial charge in [-0.25, -0.2) is 19.9 Å². The summed E-state index contributed by atoms with van der Waals surface area (Å²) in [6.07, 6.45) is 1.58. The molecule has 0 aliphatic rings. The van der Waals surface area contributed by atoms with E-state index in [1.165, 1.54) is 15.5 Å². The lowest BCUT2D eigenvalue weighted by molar-refractivity contribution is 1.07. The molecule has 0 aliphatic carbocycles. The molecule has 5 nitrogen and oxygen atoms in total. The first kappa shape index (κ1) is 29.6. The summed E-state index contributed by atoms with van der Waals surface area (Å²) in [7, 11) is 0. The summed E-state index contributed by atoms with van der Waals surface area (Å²) in [6, 6.07) is 59.3. The Kier molecular flexibility index (Phi) is 7.61. The van der Waals surface area contributed by atoms with Crippen molar-refractivity contribution in [1.82, 2.24) is 19.9 Å². The summed E-state index contributed by atoms with van der Waals surface area (Å²) in [6.45, 7) is 0. The maximum absolute atomic E-state index is 4.87. The van der Waals surface area contributed by atoms with Gasteiger partial charge >= 0.3 is 0 Å². The van der Waals surface area contributed by atoms with Crippen LogP contribution >= 0.6 is 11.3 Å². The lowest BCUT2D eigenvalue weighted by Crippen LogP contribution is -2.09. The highest BCUT2D eigenvalue weighted by Gasteiger charge is 2.15. The van der Waals surface area contributed by atoms with E-state index in [1.54, 1.807) is 17.7 Å². The van der Waals surface area contributed by atoms with Crippen molar-refractivity contribution in [2.75, 3.05) is 4.90 Å². The van der Waals surface area contributed by atoms with Crippen molar-refractivity contribution in [2.45, 2.75) is 0 Å². The summed E-state index contributed by atoms with van der Waals surface area (Å²) < 4.78 is 1.20. The zero-order valence-corrected chi connectivity index (χ0v) is 27.7. The SMILES string of the molecule is c1ccc(-c2ncnc(-c3ccc(-c4ccc5ccc(N(c6ccccc6)c6ccc(-c7nc8ccccc8s7)cc6)cc5c4)cc3)n2)cc1. The van der Waals surface area contributed by atoms with Crippen LogP contribution in [-0.4, -0.2) is 19.9 Å². The van der Waals surface area contributed by atoms with E-state index < -0.39 is 0 Å². The number of nitrogens with zero attached hydrogens (tertiary/aromatic N) is 5. The molecule has 0 aliphatic heterocycles. The molecule has 50 heavy (non-hydrogen) atoms. The summed E-state index contributed by atoms with van der Waals surface area (Å²) in [4.78, 5) is 20.7. The summed E-state index contributed by atoms with van der Waals surface area (Å²) >= 11 is 1.72. The van der Waals surface area contributed by atoms with Gasteiger partial charge in [0.15, 0.2) is 11.6 Å². The third-order valence-corrected chi connectivity index (χ3v) is 9.93. The molecule has 0 unspecified atom stereocenters. The van der Waals surface area contributed by atoms with Crippen LogP contribution in [0.5, 0.6) is 0 Å². The number of fused-ring (bicyclic) bond motifs is 2. The van der Waals surface area contributed by atoms with Gasteiger partial charge in [0, 0.05) is 33.8 Å². The number of thiazole rings is 1. The fraction of sp³-hybridized carbons (Fsp3) is 0. The highest BCUT2D eigenvalue weighted by Crippen LogP contribution is 2.38. The van der Waals surface area contributed by atoms with E-state index in [1.807, 2.05) is 36.4 Å². The van der Waals surface area contributed by atoms with Crippen molar-refractivity contribution in [3.05, 3.63) is 176 Å². The molecule has 236 valence electrons. The minimum absolute atomic E-state index is 0.655. The van der Waals surface area contributed by atoms with E-state index in [9.17, 15) is 0 Å². The van der Waals surface area contributed by atoms with Gasteiger partial charge in [-0.2, -0.15) is 0 Å². The zero-order valence-electron chi connectivity index (χ0n) is 26.9. The molecule has 9 rings (SSSR count). The van der Waals surface area contributed by atoms with E-state index in [-0.39, 0.29) is 0 Å². The Hall–Kier alpha value is -6.50. The summed E-state index contributed by atoms with van der Waals surface area (Å²) in [5, 5.41) is 3.38. The highest BCUT2D eigenvalue weighted by molar-refractivity contribution is 7.21. The maximum atomic E-state index is 4.87. The van der Waals surface area contributed by atoms with Gasteiger partial charge in [0.25, 0.3) is 0 Å². The minimum atomic E-state index is 0.655. The van der Waals surface area contributed by atoms with Crippen LogP contribution in [0.1, 0.15) is 0 Å². The molecule has 0 saturated heterocycles. The quantitative estimate of drug-likeness (QED) is 0.170. The maximum Gasteiger partial charge on any atom is 0.163 e. The zero-order chi connectivity index (χ0) is 33.3. The van der Waals surface area contributed by atoms with Gasteiger partial charge < -0.3 is 4.90 Å². The number of anilines is 3. The molecular weight excluding hydrogens is 631 g/mol. The van der Waals surface area contributed by atoms with E-state index in [0.29, 0.717) is 11.6 Å². The topological polar surface area (TPSA) is 54.8 Å². The van der Waals surface area contributed by atoms with Crippen molar-refractivity contribution < 1.29 is 0 Å². The Morgan fingerprint density at radius 2 is 0.980 bits per heavy atom. The lowest BCUT2D eigenvalue weighted by Gasteiger charge is -2.26. The monoisotopic (exact) mass is 659 g/mol. The van der Waals surface area contributed by atoms with Crippen LogP contribution in [0.4, 0.5) is 17.1 Å². The molecule has 0 saturated carbocycles. The second-order valence-corrected chi connectivity index (χ2v) is 13.1. The third-order valence-electron chi connectivity index (χ3n) is 8.84. The second kappa shape index (κ2) is 12.8. The molecule has 2 aromatic heterocycles. The van der Waals surface area contributed by atoms with Gasteiger partial charge in [0.05, 0.1) is 10.2 Å². The van der Waals surface area contributed by atoms with Gasteiger partial charge in [0.1, 0.15) is 11.3 Å². The normalized spacial score (nSPS) is 11.2. The fourth-order valence-corrected chi connectivity index (χ4v) is 7.27. The molecule has 7 aromatic carbocycles. The van der Waals surface area contributed by atoms with Crippen LogP contribution in [0, 0.1) is 0 Å². The minimum Gasteiger partial charge on any atom is -0.310 e. The number of aromatic nitrogens is 4. The van der Waals surface area contributed by atoms with Crippen LogP contribution in [-0.2, 0) is 0 Å². The first-order valence-corrected chi connectivity index (χ1v) is 17.3. The highest BCUT2D eigenvalue weighted by atomic mass is 32.1. The molecule has 0 atom stereocenters. The molecule has 0 spiro atoms. The molecule has 9 aromatic rings. The Balaban J connectivity index is 1.03. The first-order chi connectivity index (χ1) is 24.7. The number of rotatable bonds is 7. The molecule has 0 bridgehead atoms. The fourth-order valence-electron chi connectivity index (χ4n) is 6.30. The molecule has 2 heterocycles. The largest absolute Gasteiger partial charge is 0.310 e. The number of para-hydroxylation sites is 2. The Morgan fingerprint density at radius 3 is 1.74 bits per heavy atom. The van der Waals surface area contributed by atoms with Gasteiger partial charge in [-0.1, -0.05) is 103 Å². The molecule has 0 fully saturated rings. The van der Waals surface area contributed by atoms with Crippen LogP contribution in [0.3, 0.4) is 0 Å². The Bertz CT molecular complexity index is 2550. The molecule has 6 heteroatoms. The second-order valence-electron chi connectivity index (χ2n) is 12.0. The van der Waals surface area contributed by atoms with Crippen molar-refractivity contribution in [3.63, 3.8) is 0 Å². The molecule has 0 amide bonds. The van der Waals surface area contributed by atoms with Crippen LogP contribution < -0.4 is 4.90 Å². The molecule has 0 N–H and O–H groups in total. The van der Waals surface area contributed by atoms with Crippen LogP contribution in [0.2, 0.25) is 0 Å². The van der Waals surface area contributed by atoms with Crippen LogP contribution in [0.15, 0.2) is 176 Å². The summed E-state index contributed by atoms with van der Waals surface area (Å²) in [5.74, 6) is 1.32. The first-order valence-electron chi connectivity index (χ1n) is 16.5. The van der Waals surface area contributed by atoms with E-state index >= 15 is 0 Å². The smallest absolute Gasteiger partial charge is 0.163 e. The predicted octanol–water partition coefficient (Wildman–Crippen LogP) is 11.8. The van der Waals surface area contributed by atoms with Gasteiger partial charge in [-0.3, -0.25) is 0 Å². The van der Waals surface area contributed by atoms with Crippen molar-refractivity contribution in [3.8, 4) is 44.5 Å².